The van der Waals surface area contributed by atoms with Gasteiger partial charge in [0, 0.05) is 22.8 Å². The molecule has 4 rings (SSSR count). The van der Waals surface area contributed by atoms with Crippen molar-refractivity contribution in [2.24, 2.45) is 0 Å². The molecule has 1 amide bonds. The fourth-order valence-electron chi connectivity index (χ4n) is 2.71. The molecule has 2 heterocycles. The number of aryl methyl sites for hydroxylation is 1. The van der Waals surface area contributed by atoms with Crippen LogP contribution in [-0.4, -0.2) is 15.3 Å². The van der Waals surface area contributed by atoms with E-state index in [-0.39, 0.29) is 5.91 Å². The van der Waals surface area contributed by atoms with Crippen LogP contribution in [-0.2, 0) is 6.42 Å². The lowest BCUT2D eigenvalue weighted by molar-refractivity contribution is 0.102. The number of anilines is 1. The predicted octanol–water partition coefficient (Wildman–Crippen LogP) is 4.88. The fraction of sp³-hybridized carbons (Fsp3) is 0.100. The summed E-state index contributed by atoms with van der Waals surface area (Å²) in [6.45, 7) is 2.11. The number of imidazole rings is 1. The first kappa shape index (κ1) is 15.6. The first-order valence-corrected chi connectivity index (χ1v) is 9.05. The summed E-state index contributed by atoms with van der Waals surface area (Å²) < 4.78 is 1.85. The number of nitrogens with one attached hydrogen (secondary N) is 1. The highest BCUT2D eigenvalue weighted by molar-refractivity contribution is 7.15. The highest BCUT2D eigenvalue weighted by Gasteiger charge is 2.15. The van der Waals surface area contributed by atoms with Crippen molar-refractivity contribution in [1.29, 1.82) is 0 Å². The Balaban J connectivity index is 1.62. The third-order valence-corrected chi connectivity index (χ3v) is 4.97. The topological polar surface area (TPSA) is 46.4 Å². The lowest BCUT2D eigenvalue weighted by atomic mass is 10.1. The molecular formula is C20H17N3OS. The van der Waals surface area contributed by atoms with Gasteiger partial charge in [0.15, 0.2) is 4.96 Å². The molecule has 0 radical (unpaired) electrons. The second-order valence-electron chi connectivity index (χ2n) is 5.77. The van der Waals surface area contributed by atoms with Crippen LogP contribution in [0.2, 0.25) is 0 Å². The van der Waals surface area contributed by atoms with Crippen LogP contribution in [0.1, 0.15) is 23.0 Å². The molecule has 4 nitrogen and oxygen atoms in total. The highest BCUT2D eigenvalue weighted by atomic mass is 32.1. The molecule has 0 saturated carbocycles. The minimum absolute atomic E-state index is 0.132. The van der Waals surface area contributed by atoms with Gasteiger partial charge in [-0.3, -0.25) is 9.20 Å². The Hall–Kier alpha value is -2.92. The fourth-order valence-corrected chi connectivity index (χ4v) is 3.57. The molecule has 0 aliphatic heterocycles. The predicted molar refractivity (Wildman–Crippen MR) is 102 cm³/mol. The minimum Gasteiger partial charge on any atom is -0.321 e. The van der Waals surface area contributed by atoms with E-state index >= 15 is 0 Å². The van der Waals surface area contributed by atoms with E-state index in [1.807, 2.05) is 70.6 Å². The lowest BCUT2D eigenvalue weighted by Crippen LogP contribution is -2.13. The second kappa shape index (κ2) is 6.53. The Kier molecular flexibility index (Phi) is 4.07. The standard InChI is InChI=1S/C20H17N3OS/c1-2-14-8-10-16(11-9-14)21-19(24)18-13-25-20-22-17(12-23(18)20)15-6-4-3-5-7-15/h3-13H,2H2,1H3,(H,21,24). The van der Waals surface area contributed by atoms with E-state index in [1.165, 1.54) is 16.9 Å². The highest BCUT2D eigenvalue weighted by Crippen LogP contribution is 2.24. The van der Waals surface area contributed by atoms with Crippen molar-refractivity contribution in [1.82, 2.24) is 9.38 Å². The van der Waals surface area contributed by atoms with Gasteiger partial charge in [0.1, 0.15) is 5.69 Å². The Morgan fingerprint density at radius 3 is 2.60 bits per heavy atom. The van der Waals surface area contributed by atoms with Crippen molar-refractivity contribution in [2.45, 2.75) is 13.3 Å². The number of benzene rings is 2. The molecule has 0 bridgehead atoms. The average Bonchev–Trinajstić information content (AvgIpc) is 3.23. The maximum absolute atomic E-state index is 12.6. The zero-order valence-electron chi connectivity index (χ0n) is 13.8. The summed E-state index contributed by atoms with van der Waals surface area (Å²) in [5.74, 6) is -0.132. The largest absolute Gasteiger partial charge is 0.321 e. The number of carbonyl (C=O) groups excluding carboxylic acids is 1. The van der Waals surface area contributed by atoms with Crippen molar-refractivity contribution in [2.75, 3.05) is 5.32 Å². The molecule has 0 saturated heterocycles. The van der Waals surface area contributed by atoms with E-state index in [0.29, 0.717) is 5.69 Å². The summed E-state index contributed by atoms with van der Waals surface area (Å²) in [6, 6.07) is 17.9. The summed E-state index contributed by atoms with van der Waals surface area (Å²) in [4.78, 5) is 18.1. The normalized spacial score (nSPS) is 10.9. The number of rotatable bonds is 4. The van der Waals surface area contributed by atoms with E-state index in [4.69, 9.17) is 0 Å². The summed E-state index contributed by atoms with van der Waals surface area (Å²) in [5.41, 5.74) is 4.55. The van der Waals surface area contributed by atoms with E-state index in [0.717, 1.165) is 28.3 Å². The Morgan fingerprint density at radius 1 is 1.12 bits per heavy atom. The van der Waals surface area contributed by atoms with Crippen LogP contribution in [0, 0.1) is 0 Å². The van der Waals surface area contributed by atoms with Crippen molar-refractivity contribution in [3.63, 3.8) is 0 Å². The van der Waals surface area contributed by atoms with Gasteiger partial charge in [-0.1, -0.05) is 49.4 Å². The smallest absolute Gasteiger partial charge is 0.273 e. The number of amides is 1. The van der Waals surface area contributed by atoms with Crippen LogP contribution in [0.3, 0.4) is 0 Å². The van der Waals surface area contributed by atoms with Crippen molar-refractivity contribution in [3.8, 4) is 11.3 Å². The van der Waals surface area contributed by atoms with Gasteiger partial charge in [0.05, 0.1) is 5.69 Å². The van der Waals surface area contributed by atoms with Gasteiger partial charge >= 0.3 is 0 Å². The maximum atomic E-state index is 12.6. The van der Waals surface area contributed by atoms with Gasteiger partial charge in [-0.15, -0.1) is 11.3 Å². The van der Waals surface area contributed by atoms with E-state index in [9.17, 15) is 4.79 Å². The Morgan fingerprint density at radius 2 is 1.88 bits per heavy atom. The van der Waals surface area contributed by atoms with Gasteiger partial charge in [-0.05, 0) is 24.1 Å². The monoisotopic (exact) mass is 347 g/mol. The molecule has 0 aliphatic rings. The number of aromatic nitrogens is 2. The number of nitrogens with zero attached hydrogens (tertiary/aromatic N) is 2. The molecule has 0 atom stereocenters. The molecule has 0 fully saturated rings. The van der Waals surface area contributed by atoms with E-state index in [1.54, 1.807) is 0 Å². The molecule has 4 aromatic rings. The van der Waals surface area contributed by atoms with Crippen molar-refractivity contribution >= 4 is 27.9 Å². The number of hydrogen-bond donors (Lipinski definition) is 1. The zero-order chi connectivity index (χ0) is 17.2. The molecule has 124 valence electrons. The van der Waals surface area contributed by atoms with Crippen LogP contribution in [0.4, 0.5) is 5.69 Å². The van der Waals surface area contributed by atoms with Gasteiger partial charge < -0.3 is 5.32 Å². The maximum Gasteiger partial charge on any atom is 0.273 e. The zero-order valence-corrected chi connectivity index (χ0v) is 14.6. The second-order valence-corrected chi connectivity index (χ2v) is 6.61. The SMILES string of the molecule is CCc1ccc(NC(=O)c2csc3nc(-c4ccccc4)cn23)cc1. The summed E-state index contributed by atoms with van der Waals surface area (Å²) >= 11 is 1.47. The van der Waals surface area contributed by atoms with Crippen molar-refractivity contribution < 1.29 is 4.79 Å². The van der Waals surface area contributed by atoms with E-state index < -0.39 is 0 Å². The van der Waals surface area contributed by atoms with Crippen LogP contribution in [0.15, 0.2) is 66.2 Å². The van der Waals surface area contributed by atoms with Crippen LogP contribution >= 0.6 is 11.3 Å². The first-order valence-electron chi connectivity index (χ1n) is 8.17. The lowest BCUT2D eigenvalue weighted by Gasteiger charge is -2.05. The van der Waals surface area contributed by atoms with E-state index in [2.05, 4.69) is 17.2 Å². The quantitative estimate of drug-likeness (QED) is 0.572. The third kappa shape index (κ3) is 3.06. The molecule has 5 heteroatoms. The van der Waals surface area contributed by atoms with Gasteiger partial charge in [0.25, 0.3) is 5.91 Å². The number of hydrogen-bond acceptors (Lipinski definition) is 3. The van der Waals surface area contributed by atoms with Crippen LogP contribution < -0.4 is 5.32 Å². The van der Waals surface area contributed by atoms with Gasteiger partial charge in [0.2, 0.25) is 0 Å². The molecule has 2 aromatic carbocycles. The summed E-state index contributed by atoms with van der Waals surface area (Å²) in [6.07, 6.45) is 2.90. The molecule has 0 unspecified atom stereocenters. The number of thiazole rings is 1. The molecule has 0 aliphatic carbocycles. The Labute approximate surface area is 149 Å². The van der Waals surface area contributed by atoms with Gasteiger partial charge in [-0.25, -0.2) is 4.98 Å². The molecule has 1 N–H and O–H groups in total. The third-order valence-electron chi connectivity index (χ3n) is 4.13. The first-order chi connectivity index (χ1) is 12.2. The molecular weight excluding hydrogens is 330 g/mol. The average molecular weight is 347 g/mol. The minimum atomic E-state index is -0.132. The number of fused-ring (bicyclic) bond motifs is 1. The summed E-state index contributed by atoms with van der Waals surface area (Å²) in [7, 11) is 0. The van der Waals surface area contributed by atoms with Crippen LogP contribution in [0.25, 0.3) is 16.2 Å². The van der Waals surface area contributed by atoms with Crippen LogP contribution in [0.5, 0.6) is 0 Å². The molecule has 0 spiro atoms. The Bertz CT molecular complexity index is 1020. The summed E-state index contributed by atoms with van der Waals surface area (Å²) in [5, 5.41) is 4.80. The van der Waals surface area contributed by atoms with Gasteiger partial charge in [-0.2, -0.15) is 0 Å². The molecule has 2 aromatic heterocycles. The molecule has 25 heavy (non-hydrogen) atoms. The van der Waals surface area contributed by atoms with Crippen molar-refractivity contribution in [3.05, 3.63) is 77.4 Å². The number of carbonyl (C=O) groups is 1.